The summed E-state index contributed by atoms with van der Waals surface area (Å²) >= 11 is 0. The third kappa shape index (κ3) is 5.30. The first-order valence-corrected chi connectivity index (χ1v) is 14.9. The van der Waals surface area contributed by atoms with Gasteiger partial charge < -0.3 is 20.9 Å². The summed E-state index contributed by atoms with van der Waals surface area (Å²) in [5.41, 5.74) is 11.6. The molecule has 0 atom stereocenters. The van der Waals surface area contributed by atoms with E-state index in [0.717, 1.165) is 75.4 Å². The van der Waals surface area contributed by atoms with E-state index in [1.165, 1.54) is 29.2 Å². The van der Waals surface area contributed by atoms with Crippen molar-refractivity contribution in [3.05, 3.63) is 65.5 Å². The van der Waals surface area contributed by atoms with E-state index in [-0.39, 0.29) is 11.8 Å². The Balaban J connectivity index is 1.07. The van der Waals surface area contributed by atoms with E-state index in [1.807, 2.05) is 24.3 Å². The number of benzene rings is 2. The van der Waals surface area contributed by atoms with Gasteiger partial charge in [-0.1, -0.05) is 24.3 Å². The molecule has 0 bridgehead atoms. The third-order valence-electron chi connectivity index (χ3n) is 8.93. The third-order valence-corrected chi connectivity index (χ3v) is 8.93. The van der Waals surface area contributed by atoms with Crippen LogP contribution in [-0.2, 0) is 12.8 Å². The van der Waals surface area contributed by atoms with Crippen molar-refractivity contribution in [3.63, 3.8) is 0 Å². The van der Waals surface area contributed by atoms with E-state index in [1.54, 1.807) is 0 Å². The monoisotopic (exact) mass is 568 g/mol. The number of nitrogens with zero attached hydrogens (tertiary/aromatic N) is 8. The molecule has 2 fully saturated rings. The van der Waals surface area contributed by atoms with Gasteiger partial charge >= 0.3 is 0 Å². The predicted octanol–water partition coefficient (Wildman–Crippen LogP) is 3.89. The first-order chi connectivity index (χ1) is 20.5. The lowest BCUT2D eigenvalue weighted by atomic mass is 10.0. The Hall–Kier alpha value is -4.09. The van der Waals surface area contributed by atoms with Crippen molar-refractivity contribution < 1.29 is 4.39 Å². The van der Waals surface area contributed by atoms with E-state index in [0.29, 0.717) is 29.2 Å². The van der Waals surface area contributed by atoms with Gasteiger partial charge in [-0.2, -0.15) is 9.67 Å². The van der Waals surface area contributed by atoms with Crippen LogP contribution < -0.4 is 16.0 Å². The van der Waals surface area contributed by atoms with Crippen LogP contribution in [0, 0.1) is 5.82 Å². The summed E-state index contributed by atoms with van der Waals surface area (Å²) in [6.07, 6.45) is 5.34. The molecule has 4 aromatic rings. The minimum atomic E-state index is -0.268. The van der Waals surface area contributed by atoms with Crippen LogP contribution in [0.5, 0.6) is 0 Å². The molecule has 2 aliphatic heterocycles. The van der Waals surface area contributed by atoms with Crippen molar-refractivity contribution >= 4 is 23.3 Å². The van der Waals surface area contributed by atoms with Crippen LogP contribution >= 0.6 is 0 Å². The minimum Gasteiger partial charge on any atom is -0.367 e. The highest BCUT2D eigenvalue weighted by molar-refractivity contribution is 5.68. The second kappa shape index (κ2) is 11.3. The molecule has 0 radical (unpaired) electrons. The number of fused-ring (bicyclic) bond motifs is 3. The van der Waals surface area contributed by atoms with Crippen LogP contribution in [0.2, 0.25) is 0 Å². The van der Waals surface area contributed by atoms with Gasteiger partial charge in [-0.3, -0.25) is 4.90 Å². The van der Waals surface area contributed by atoms with E-state index < -0.39 is 0 Å². The van der Waals surface area contributed by atoms with Crippen molar-refractivity contribution in [3.8, 4) is 17.1 Å². The van der Waals surface area contributed by atoms with Crippen LogP contribution in [0.4, 0.5) is 27.7 Å². The summed E-state index contributed by atoms with van der Waals surface area (Å²) in [4.78, 5) is 11.5. The number of piperidine rings is 1. The number of anilines is 4. The van der Waals surface area contributed by atoms with Crippen molar-refractivity contribution in [1.82, 2.24) is 34.8 Å². The van der Waals surface area contributed by atoms with Gasteiger partial charge in [0.15, 0.2) is 5.82 Å². The van der Waals surface area contributed by atoms with Gasteiger partial charge in [-0.25, -0.2) is 4.39 Å². The molecule has 0 amide bonds. The Labute approximate surface area is 245 Å². The van der Waals surface area contributed by atoms with Crippen LogP contribution in [0.25, 0.3) is 17.1 Å². The Kier molecular flexibility index (Phi) is 7.20. The lowest BCUT2D eigenvalue weighted by Gasteiger charge is -2.42. The number of nitrogens with one attached hydrogen (secondary N) is 1. The molecule has 2 aromatic carbocycles. The quantitative estimate of drug-likeness (QED) is 0.371. The molecule has 0 unspecified atom stereocenters. The van der Waals surface area contributed by atoms with Crippen molar-refractivity contribution in [2.45, 2.75) is 38.1 Å². The zero-order chi connectivity index (χ0) is 28.6. The van der Waals surface area contributed by atoms with E-state index in [2.05, 4.69) is 65.5 Å². The Bertz CT molecular complexity index is 1570. The molecule has 42 heavy (non-hydrogen) atoms. The molecular formula is C31H37FN10. The van der Waals surface area contributed by atoms with Gasteiger partial charge in [0.25, 0.3) is 0 Å². The summed E-state index contributed by atoms with van der Waals surface area (Å²) in [6, 6.07) is 16.2. The van der Waals surface area contributed by atoms with Crippen molar-refractivity contribution in [2.75, 3.05) is 62.3 Å². The number of aromatic nitrogens is 5. The Morgan fingerprint density at radius 1 is 0.905 bits per heavy atom. The number of aryl methyl sites for hydroxylation is 2. The SMILES string of the molecule is CN1CCC(N2CCN(c3ccc(Nc4nc(N)nn4-c4cc5c(nn4)-c4ccccc4CCC5)cc3F)CC2)CC1. The first kappa shape index (κ1) is 26.8. The maximum Gasteiger partial charge on any atom is 0.241 e. The van der Waals surface area contributed by atoms with Gasteiger partial charge in [0.05, 0.1) is 11.4 Å². The molecule has 2 aromatic heterocycles. The number of rotatable bonds is 5. The Morgan fingerprint density at radius 2 is 1.69 bits per heavy atom. The number of nitrogen functional groups attached to an aromatic ring is 1. The smallest absolute Gasteiger partial charge is 0.241 e. The lowest BCUT2D eigenvalue weighted by Crippen LogP contribution is -2.53. The molecular weight excluding hydrogens is 531 g/mol. The van der Waals surface area contributed by atoms with Gasteiger partial charge in [-0.05, 0) is 87.6 Å². The summed E-state index contributed by atoms with van der Waals surface area (Å²) in [7, 11) is 2.19. The zero-order valence-corrected chi connectivity index (χ0v) is 24.0. The average Bonchev–Trinajstić information content (AvgIpc) is 3.26. The van der Waals surface area contributed by atoms with Gasteiger partial charge in [0.1, 0.15) is 5.82 Å². The maximum absolute atomic E-state index is 15.4. The molecule has 7 rings (SSSR count). The second-order valence-corrected chi connectivity index (χ2v) is 11.6. The molecule has 1 aliphatic carbocycles. The summed E-state index contributed by atoms with van der Waals surface area (Å²) < 4.78 is 17.0. The summed E-state index contributed by atoms with van der Waals surface area (Å²) in [6.45, 7) is 5.87. The van der Waals surface area contributed by atoms with E-state index in [9.17, 15) is 0 Å². The molecule has 10 nitrogen and oxygen atoms in total. The number of likely N-dealkylation sites (tertiary alicyclic amines) is 1. The van der Waals surface area contributed by atoms with Gasteiger partial charge in [0.2, 0.25) is 11.9 Å². The van der Waals surface area contributed by atoms with Crippen LogP contribution in [-0.4, -0.2) is 87.1 Å². The molecule has 218 valence electrons. The fourth-order valence-corrected chi connectivity index (χ4v) is 6.61. The standard InChI is InChI=1S/C31H37FN10/c1-39-13-11-24(12-14-39)40-15-17-41(18-16-40)27-10-9-23(20-26(27)32)34-31-35-30(33)38-42(31)28-19-22-7-4-6-21-5-2-3-8-25(21)29(22)37-36-28/h2-3,5,8-10,19-20,24H,4,6-7,11-18H2,1H3,(H3,33,34,35,38). The number of nitrogens with two attached hydrogens (primary N) is 1. The van der Waals surface area contributed by atoms with E-state index in [4.69, 9.17) is 5.73 Å². The fraction of sp³-hybridized carbons (Fsp3) is 0.419. The molecule has 4 heterocycles. The van der Waals surface area contributed by atoms with Crippen molar-refractivity contribution in [2.24, 2.45) is 0 Å². The van der Waals surface area contributed by atoms with Gasteiger partial charge in [0, 0.05) is 43.5 Å². The number of piperazine rings is 1. The number of hydrogen-bond acceptors (Lipinski definition) is 9. The molecule has 3 aliphatic rings. The topological polar surface area (TPSA) is 104 Å². The first-order valence-electron chi connectivity index (χ1n) is 14.9. The van der Waals surface area contributed by atoms with E-state index >= 15 is 4.39 Å². The van der Waals surface area contributed by atoms with Crippen LogP contribution in [0.1, 0.15) is 30.4 Å². The molecule has 0 spiro atoms. The Morgan fingerprint density at radius 3 is 2.50 bits per heavy atom. The maximum atomic E-state index is 15.4. The highest BCUT2D eigenvalue weighted by Gasteiger charge is 2.27. The second-order valence-electron chi connectivity index (χ2n) is 11.6. The van der Waals surface area contributed by atoms with Crippen molar-refractivity contribution in [1.29, 1.82) is 0 Å². The summed E-state index contributed by atoms with van der Waals surface area (Å²) in [5.74, 6) is 0.698. The lowest BCUT2D eigenvalue weighted by molar-refractivity contribution is 0.115. The average molecular weight is 569 g/mol. The number of hydrogen-bond donors (Lipinski definition) is 2. The molecule has 2 saturated heterocycles. The summed E-state index contributed by atoms with van der Waals surface area (Å²) in [5, 5.41) is 16.6. The molecule has 0 saturated carbocycles. The normalized spacial score (nSPS) is 18.4. The number of halogens is 1. The largest absolute Gasteiger partial charge is 0.367 e. The fourth-order valence-electron chi connectivity index (χ4n) is 6.61. The van der Waals surface area contributed by atoms with Crippen LogP contribution in [0.15, 0.2) is 48.5 Å². The molecule has 3 N–H and O–H groups in total. The predicted molar refractivity (Wildman–Crippen MR) is 163 cm³/mol. The highest BCUT2D eigenvalue weighted by Crippen LogP contribution is 2.32. The zero-order valence-electron chi connectivity index (χ0n) is 24.0. The molecule has 11 heteroatoms. The minimum absolute atomic E-state index is 0.0964. The van der Waals surface area contributed by atoms with Crippen LogP contribution in [0.3, 0.4) is 0 Å². The highest BCUT2D eigenvalue weighted by atomic mass is 19.1. The van der Waals surface area contributed by atoms with Gasteiger partial charge in [-0.15, -0.1) is 15.3 Å².